The normalized spacial score (nSPS) is 11.8. The third kappa shape index (κ3) is 7.76. The number of carbonyl (C=O) groups is 1. The molecule has 0 N–H and O–H groups in total. The van der Waals surface area contributed by atoms with Crippen molar-refractivity contribution in [2.75, 3.05) is 0 Å². The maximum Gasteiger partial charge on any atom is 0.155 e. The molecular formula is C12H22O. The highest BCUT2D eigenvalue weighted by Crippen LogP contribution is 2.07. The predicted octanol–water partition coefficient (Wildman–Crippen LogP) is 3.88. The van der Waals surface area contributed by atoms with Crippen LogP contribution in [-0.4, -0.2) is 5.78 Å². The molecule has 0 saturated carbocycles. The molecule has 0 aliphatic heterocycles. The molecular weight excluding hydrogens is 160 g/mol. The molecule has 0 amide bonds. The molecule has 0 aromatic carbocycles. The van der Waals surface area contributed by atoms with Gasteiger partial charge in [-0.25, -0.2) is 0 Å². The number of ketones is 1. The van der Waals surface area contributed by atoms with Crippen LogP contribution in [0.25, 0.3) is 0 Å². The molecule has 0 atom stereocenters. The number of rotatable bonds is 7. The summed E-state index contributed by atoms with van der Waals surface area (Å²) in [7, 11) is 0. The van der Waals surface area contributed by atoms with Crippen LogP contribution in [0.15, 0.2) is 11.6 Å². The van der Waals surface area contributed by atoms with E-state index in [4.69, 9.17) is 0 Å². The van der Waals surface area contributed by atoms with E-state index in [1.807, 2.05) is 6.08 Å². The standard InChI is InChI=1S/C12H22O/c1-4-6-8-11(3)10-12(13)9-7-5-2/h10H,4-9H2,1-3H3. The van der Waals surface area contributed by atoms with Crippen LogP contribution in [0.1, 0.15) is 59.3 Å². The zero-order valence-electron chi connectivity index (χ0n) is 9.23. The Kier molecular flexibility index (Phi) is 7.66. The largest absolute Gasteiger partial charge is 0.295 e. The quantitative estimate of drug-likeness (QED) is 0.546. The second-order valence-corrected chi connectivity index (χ2v) is 3.66. The molecule has 0 heterocycles. The van der Waals surface area contributed by atoms with E-state index in [0.29, 0.717) is 5.78 Å². The van der Waals surface area contributed by atoms with Gasteiger partial charge >= 0.3 is 0 Å². The third-order valence-electron chi connectivity index (χ3n) is 2.11. The Hall–Kier alpha value is -0.590. The Bertz CT molecular complexity index is 168. The second kappa shape index (κ2) is 8.03. The highest BCUT2D eigenvalue weighted by molar-refractivity contribution is 5.90. The minimum atomic E-state index is 0.301. The van der Waals surface area contributed by atoms with Crippen molar-refractivity contribution < 1.29 is 4.79 Å². The summed E-state index contributed by atoms with van der Waals surface area (Å²) in [5.74, 6) is 0.301. The molecule has 0 aliphatic rings. The number of allylic oxidation sites excluding steroid dienone is 2. The summed E-state index contributed by atoms with van der Waals surface area (Å²) in [6, 6.07) is 0. The highest BCUT2D eigenvalue weighted by atomic mass is 16.1. The van der Waals surface area contributed by atoms with Gasteiger partial charge in [0.1, 0.15) is 0 Å². The first-order valence-electron chi connectivity index (χ1n) is 5.40. The van der Waals surface area contributed by atoms with Gasteiger partial charge in [0.05, 0.1) is 0 Å². The van der Waals surface area contributed by atoms with Crippen molar-refractivity contribution in [3.8, 4) is 0 Å². The first-order chi connectivity index (χ1) is 6.20. The molecule has 0 saturated heterocycles. The lowest BCUT2D eigenvalue weighted by Crippen LogP contribution is -1.93. The minimum absolute atomic E-state index is 0.301. The van der Waals surface area contributed by atoms with Crippen molar-refractivity contribution >= 4 is 5.78 Å². The summed E-state index contributed by atoms with van der Waals surface area (Å²) in [6.45, 7) is 6.34. The van der Waals surface area contributed by atoms with Gasteiger partial charge in [-0.15, -0.1) is 0 Å². The summed E-state index contributed by atoms with van der Waals surface area (Å²) < 4.78 is 0. The molecule has 0 rings (SSSR count). The average Bonchev–Trinajstić information content (AvgIpc) is 2.11. The predicted molar refractivity (Wildman–Crippen MR) is 57.8 cm³/mol. The summed E-state index contributed by atoms with van der Waals surface area (Å²) in [4.78, 5) is 11.3. The highest BCUT2D eigenvalue weighted by Gasteiger charge is 1.97. The van der Waals surface area contributed by atoms with Gasteiger partial charge in [0.15, 0.2) is 5.78 Å². The van der Waals surface area contributed by atoms with E-state index < -0.39 is 0 Å². The molecule has 76 valence electrons. The van der Waals surface area contributed by atoms with Crippen molar-refractivity contribution in [1.82, 2.24) is 0 Å². The number of unbranched alkanes of at least 4 members (excludes halogenated alkanes) is 2. The van der Waals surface area contributed by atoms with Crippen LogP contribution in [0.5, 0.6) is 0 Å². The van der Waals surface area contributed by atoms with Crippen molar-refractivity contribution in [1.29, 1.82) is 0 Å². The zero-order chi connectivity index (χ0) is 10.1. The van der Waals surface area contributed by atoms with Crippen LogP contribution in [0.2, 0.25) is 0 Å². The lowest BCUT2D eigenvalue weighted by Gasteiger charge is -1.98. The average molecular weight is 182 g/mol. The van der Waals surface area contributed by atoms with E-state index in [1.54, 1.807) is 0 Å². The summed E-state index contributed by atoms with van der Waals surface area (Å²) in [5.41, 5.74) is 1.24. The van der Waals surface area contributed by atoms with Gasteiger partial charge < -0.3 is 0 Å². The fourth-order valence-electron chi connectivity index (χ4n) is 1.23. The molecule has 0 aromatic heterocycles. The Morgan fingerprint density at radius 1 is 1.08 bits per heavy atom. The van der Waals surface area contributed by atoms with Crippen LogP contribution in [0, 0.1) is 0 Å². The molecule has 0 bridgehead atoms. The Morgan fingerprint density at radius 2 is 1.62 bits per heavy atom. The molecule has 0 fully saturated rings. The molecule has 0 spiro atoms. The van der Waals surface area contributed by atoms with Crippen LogP contribution in [-0.2, 0) is 4.79 Å². The molecule has 1 nitrogen and oxygen atoms in total. The fourth-order valence-corrected chi connectivity index (χ4v) is 1.23. The van der Waals surface area contributed by atoms with Crippen molar-refractivity contribution in [2.24, 2.45) is 0 Å². The molecule has 0 unspecified atom stereocenters. The van der Waals surface area contributed by atoms with Crippen LogP contribution in [0.3, 0.4) is 0 Å². The van der Waals surface area contributed by atoms with Crippen LogP contribution in [0.4, 0.5) is 0 Å². The Labute approximate surface area is 82.2 Å². The monoisotopic (exact) mass is 182 g/mol. The summed E-state index contributed by atoms with van der Waals surface area (Å²) >= 11 is 0. The van der Waals surface area contributed by atoms with E-state index in [0.717, 1.165) is 25.7 Å². The van der Waals surface area contributed by atoms with Gasteiger partial charge in [-0.05, 0) is 32.3 Å². The lowest BCUT2D eigenvalue weighted by molar-refractivity contribution is -0.114. The van der Waals surface area contributed by atoms with Gasteiger partial charge in [-0.1, -0.05) is 32.3 Å². The molecule has 13 heavy (non-hydrogen) atoms. The SMILES string of the molecule is CCCCC(=O)C=C(C)CCCC. The minimum Gasteiger partial charge on any atom is -0.295 e. The van der Waals surface area contributed by atoms with Crippen LogP contribution < -0.4 is 0 Å². The molecule has 0 radical (unpaired) electrons. The van der Waals surface area contributed by atoms with E-state index >= 15 is 0 Å². The fraction of sp³-hybridized carbons (Fsp3) is 0.750. The van der Waals surface area contributed by atoms with Gasteiger partial charge in [0, 0.05) is 6.42 Å². The smallest absolute Gasteiger partial charge is 0.155 e. The van der Waals surface area contributed by atoms with Gasteiger partial charge in [-0.2, -0.15) is 0 Å². The second-order valence-electron chi connectivity index (χ2n) is 3.66. The first kappa shape index (κ1) is 12.4. The Balaban J connectivity index is 3.70. The van der Waals surface area contributed by atoms with Crippen molar-refractivity contribution in [3.05, 3.63) is 11.6 Å². The van der Waals surface area contributed by atoms with Crippen molar-refractivity contribution in [2.45, 2.75) is 59.3 Å². The first-order valence-corrected chi connectivity index (χ1v) is 5.40. The maximum absolute atomic E-state index is 11.3. The van der Waals surface area contributed by atoms with Gasteiger partial charge in [0.25, 0.3) is 0 Å². The summed E-state index contributed by atoms with van der Waals surface area (Å²) in [5, 5.41) is 0. The molecule has 1 heteroatoms. The van der Waals surface area contributed by atoms with Crippen LogP contribution >= 0.6 is 0 Å². The van der Waals surface area contributed by atoms with E-state index in [9.17, 15) is 4.79 Å². The Morgan fingerprint density at radius 3 is 2.15 bits per heavy atom. The van der Waals surface area contributed by atoms with Gasteiger partial charge in [-0.3, -0.25) is 4.79 Å². The third-order valence-corrected chi connectivity index (χ3v) is 2.11. The summed E-state index contributed by atoms with van der Waals surface area (Å²) in [6.07, 6.45) is 8.15. The van der Waals surface area contributed by atoms with Crippen molar-refractivity contribution in [3.63, 3.8) is 0 Å². The van der Waals surface area contributed by atoms with E-state index in [1.165, 1.54) is 18.4 Å². The lowest BCUT2D eigenvalue weighted by atomic mass is 10.1. The zero-order valence-corrected chi connectivity index (χ0v) is 9.23. The number of carbonyl (C=O) groups excluding carboxylic acids is 1. The van der Waals surface area contributed by atoms with E-state index in [2.05, 4.69) is 20.8 Å². The topological polar surface area (TPSA) is 17.1 Å². The van der Waals surface area contributed by atoms with Gasteiger partial charge in [0.2, 0.25) is 0 Å². The maximum atomic E-state index is 11.3. The number of hydrogen-bond acceptors (Lipinski definition) is 1. The van der Waals surface area contributed by atoms with E-state index in [-0.39, 0.29) is 0 Å². The number of hydrogen-bond donors (Lipinski definition) is 0. The molecule has 0 aromatic rings. The molecule has 0 aliphatic carbocycles.